The molecule has 0 aliphatic heterocycles. The summed E-state index contributed by atoms with van der Waals surface area (Å²) in [5, 5.41) is 6.72. The van der Waals surface area contributed by atoms with E-state index < -0.39 is 5.41 Å². The van der Waals surface area contributed by atoms with Crippen molar-refractivity contribution >= 4 is 82.7 Å². The van der Waals surface area contributed by atoms with Gasteiger partial charge in [-0.1, -0.05) is 231 Å². The summed E-state index contributed by atoms with van der Waals surface area (Å²) in [6.07, 6.45) is 0. The number of aromatic nitrogens is 1. The predicted molar refractivity (Wildman–Crippen MR) is 368 cm³/mol. The fourth-order valence-corrected chi connectivity index (χ4v) is 15.5. The van der Waals surface area contributed by atoms with Gasteiger partial charge in [0.2, 0.25) is 0 Å². The largest absolute Gasteiger partial charge is 0.456 e. The molecule has 0 unspecified atom stereocenters. The van der Waals surface area contributed by atoms with E-state index in [1.54, 1.807) is 0 Å². The van der Waals surface area contributed by atoms with Crippen LogP contribution in [0.2, 0.25) is 0 Å². The minimum absolute atomic E-state index is 0.479. The molecule has 2 aliphatic carbocycles. The van der Waals surface area contributed by atoms with Gasteiger partial charge in [-0.2, -0.15) is 0 Å². The first-order chi connectivity index (χ1) is 44.1. The van der Waals surface area contributed by atoms with Crippen LogP contribution >= 0.6 is 0 Å². The Bertz CT molecular complexity index is 5680. The molecule has 2 aliphatic rings. The highest BCUT2D eigenvalue weighted by molar-refractivity contribution is 6.16. The van der Waals surface area contributed by atoms with Gasteiger partial charge in [0.1, 0.15) is 22.3 Å². The van der Waals surface area contributed by atoms with Crippen LogP contribution in [-0.4, -0.2) is 4.57 Å². The zero-order valence-corrected chi connectivity index (χ0v) is 48.2. The molecule has 89 heavy (non-hydrogen) atoms. The van der Waals surface area contributed by atoms with Crippen molar-refractivity contribution in [1.29, 1.82) is 0 Å². The lowest BCUT2D eigenvalue weighted by molar-refractivity contribution is 0.668. The Morgan fingerprint density at radius 2 is 0.753 bits per heavy atom. The molecule has 17 aromatic rings. The van der Waals surface area contributed by atoms with Gasteiger partial charge < -0.3 is 18.3 Å². The smallest absolute Gasteiger partial charge is 0.137 e. The molecule has 0 saturated carbocycles. The SMILES string of the molecule is c1ccc(-c2ccc(N(c3ccc4c(c3)oc3ccccc34)c3ccc4c5cc(-c6cccc7oc8ccccc8c67)ccc5n(-c5ccc(-c6cccc7c6C6(c8ccccc8-c8ccccc86)c6ccccc6-7)cc5)c4c3)cc2-c2ccccc2)cc1. The van der Waals surface area contributed by atoms with E-state index in [1.165, 1.54) is 61.2 Å². The Balaban J connectivity index is 0.834. The normalized spacial score (nSPS) is 12.8. The summed E-state index contributed by atoms with van der Waals surface area (Å²) in [5.74, 6) is 0. The van der Waals surface area contributed by atoms with E-state index in [9.17, 15) is 0 Å². The number of hydrogen-bond acceptors (Lipinski definition) is 3. The lowest BCUT2D eigenvalue weighted by Gasteiger charge is -2.32. The van der Waals surface area contributed by atoms with E-state index in [4.69, 9.17) is 8.83 Å². The summed E-state index contributed by atoms with van der Waals surface area (Å²) < 4.78 is 15.6. The summed E-state index contributed by atoms with van der Waals surface area (Å²) in [5.41, 5.74) is 29.1. The van der Waals surface area contributed by atoms with Crippen LogP contribution in [-0.2, 0) is 5.41 Å². The first-order valence-electron chi connectivity index (χ1n) is 30.6. The fraction of sp³-hybridized carbons (Fsp3) is 0.0118. The van der Waals surface area contributed by atoms with Gasteiger partial charge >= 0.3 is 0 Å². The topological polar surface area (TPSA) is 34.5 Å². The molecule has 4 heteroatoms. The summed E-state index contributed by atoms with van der Waals surface area (Å²) >= 11 is 0. The summed E-state index contributed by atoms with van der Waals surface area (Å²) in [6.45, 7) is 0. The van der Waals surface area contributed by atoms with Gasteiger partial charge in [0.25, 0.3) is 0 Å². The van der Waals surface area contributed by atoms with Crippen molar-refractivity contribution < 1.29 is 8.83 Å². The Morgan fingerprint density at radius 3 is 1.48 bits per heavy atom. The first-order valence-corrected chi connectivity index (χ1v) is 30.6. The fourth-order valence-electron chi connectivity index (χ4n) is 15.5. The Hall–Kier alpha value is -11.7. The van der Waals surface area contributed by atoms with Crippen molar-refractivity contribution in [3.05, 3.63) is 338 Å². The van der Waals surface area contributed by atoms with Crippen LogP contribution < -0.4 is 4.90 Å². The second kappa shape index (κ2) is 19.1. The van der Waals surface area contributed by atoms with Gasteiger partial charge in [-0.05, 0) is 168 Å². The molecule has 3 aromatic heterocycles. The highest BCUT2D eigenvalue weighted by Gasteiger charge is 2.52. The third-order valence-electron chi connectivity index (χ3n) is 19.2. The molecule has 0 amide bonds. The van der Waals surface area contributed by atoms with Crippen molar-refractivity contribution in [3.63, 3.8) is 0 Å². The molecule has 0 N–H and O–H groups in total. The monoisotopic (exact) mass is 1130 g/mol. The van der Waals surface area contributed by atoms with E-state index >= 15 is 0 Å². The molecule has 1 spiro atoms. The van der Waals surface area contributed by atoms with E-state index in [2.05, 4.69) is 313 Å². The van der Waals surface area contributed by atoms with Gasteiger partial charge in [-0.3, -0.25) is 0 Å². The van der Waals surface area contributed by atoms with Crippen LogP contribution in [0.25, 0.3) is 138 Å². The second-order valence-electron chi connectivity index (χ2n) is 23.8. The van der Waals surface area contributed by atoms with Gasteiger partial charge in [-0.15, -0.1) is 0 Å². The van der Waals surface area contributed by atoms with Crippen molar-refractivity contribution in [3.8, 4) is 72.4 Å². The Kier molecular flexibility index (Phi) is 10.7. The second-order valence-corrected chi connectivity index (χ2v) is 23.8. The molecule has 0 radical (unpaired) electrons. The standard InChI is InChI=1S/C85H52N2O2/c1-3-19-53(20-4-1)61-45-42-58(50-72(61)54-21-5-2-6-22-54)86(60-44-47-69-68-26-10-15-34-79(68)89-82(69)52-60)59-43-46-67-73-49-56(62-28-18-36-81-83(62)71-27-11-16-35-80(71)88-81)39-48-77(73)87(78(67)51-59)57-40-37-55(38-41-57)63-29-17-30-70-66-25-9-14-33-76(66)85(84(63)70)74-31-12-7-23-64(74)65-24-8-13-32-75(65)85/h1-52H. The van der Waals surface area contributed by atoms with Gasteiger partial charge in [0, 0.05) is 61.1 Å². The van der Waals surface area contributed by atoms with Crippen LogP contribution in [0.3, 0.4) is 0 Å². The van der Waals surface area contributed by atoms with Crippen LogP contribution in [0.1, 0.15) is 22.3 Å². The third-order valence-corrected chi connectivity index (χ3v) is 19.2. The van der Waals surface area contributed by atoms with E-state index in [0.717, 1.165) is 116 Å². The highest BCUT2D eigenvalue weighted by atomic mass is 16.3. The maximum Gasteiger partial charge on any atom is 0.137 e. The van der Waals surface area contributed by atoms with Crippen molar-refractivity contribution in [2.75, 3.05) is 4.90 Å². The van der Waals surface area contributed by atoms with E-state index in [-0.39, 0.29) is 0 Å². The van der Waals surface area contributed by atoms with E-state index in [0.29, 0.717) is 0 Å². The van der Waals surface area contributed by atoms with E-state index in [1.807, 2.05) is 12.1 Å². The molecule has 0 fully saturated rings. The molecule has 414 valence electrons. The number of anilines is 3. The summed E-state index contributed by atoms with van der Waals surface area (Å²) in [4.78, 5) is 2.40. The molecule has 3 heterocycles. The lowest BCUT2D eigenvalue weighted by atomic mass is 9.68. The number of furan rings is 2. The zero-order chi connectivity index (χ0) is 58.3. The quantitative estimate of drug-likeness (QED) is 0.152. The maximum atomic E-state index is 6.67. The number of rotatable bonds is 8. The van der Waals surface area contributed by atoms with Gasteiger partial charge in [0.05, 0.1) is 16.4 Å². The number of para-hydroxylation sites is 2. The first kappa shape index (κ1) is 49.5. The molecule has 19 rings (SSSR count). The average Bonchev–Trinajstić information content (AvgIpc) is 1.52. The maximum absolute atomic E-state index is 6.67. The molecule has 4 nitrogen and oxygen atoms in total. The van der Waals surface area contributed by atoms with Gasteiger partial charge in [-0.25, -0.2) is 0 Å². The lowest BCUT2D eigenvalue weighted by Crippen LogP contribution is -2.26. The number of fused-ring (bicyclic) bond motifs is 19. The third kappa shape index (κ3) is 7.23. The Labute approximate surface area is 513 Å². The van der Waals surface area contributed by atoms with Crippen molar-refractivity contribution in [2.24, 2.45) is 0 Å². The highest BCUT2D eigenvalue weighted by Crippen LogP contribution is 2.64. The number of hydrogen-bond donors (Lipinski definition) is 0. The molecule has 14 aromatic carbocycles. The minimum atomic E-state index is -0.479. The Morgan fingerprint density at radius 1 is 0.258 bits per heavy atom. The molecular weight excluding hydrogens is 1080 g/mol. The minimum Gasteiger partial charge on any atom is -0.456 e. The summed E-state index contributed by atoms with van der Waals surface area (Å²) in [7, 11) is 0. The van der Waals surface area contributed by atoms with Crippen molar-refractivity contribution in [2.45, 2.75) is 5.41 Å². The molecule has 0 bridgehead atoms. The number of nitrogens with zero attached hydrogens (tertiary/aromatic N) is 2. The summed E-state index contributed by atoms with van der Waals surface area (Å²) in [6, 6.07) is 116. The molecular formula is C85H52N2O2. The molecule has 0 saturated heterocycles. The van der Waals surface area contributed by atoms with Gasteiger partial charge in [0.15, 0.2) is 0 Å². The molecule has 0 atom stereocenters. The van der Waals surface area contributed by atoms with Crippen molar-refractivity contribution in [1.82, 2.24) is 4.57 Å². The van der Waals surface area contributed by atoms with Crippen LogP contribution in [0.15, 0.2) is 324 Å². The van der Waals surface area contributed by atoms with Crippen LogP contribution in [0.4, 0.5) is 17.1 Å². The van der Waals surface area contributed by atoms with Crippen LogP contribution in [0, 0.1) is 0 Å². The predicted octanol–water partition coefficient (Wildman–Crippen LogP) is 23.1. The van der Waals surface area contributed by atoms with Crippen LogP contribution in [0.5, 0.6) is 0 Å². The average molecular weight is 1130 g/mol. The number of benzene rings is 14. The zero-order valence-electron chi connectivity index (χ0n) is 48.2.